The third kappa shape index (κ3) is 6.62. The highest BCUT2D eigenvalue weighted by atomic mass is 32.1. The fraction of sp³-hybridized carbons (Fsp3) is 0.345. The SMILES string of the molecule is CC(C)c1cc2c3c(c1)N(c1ccc(C(C)(C)C)cc1)c1cc4c(cc1B3c1cc(C(C)(C)C)ccc1N2c1ccc(C(C)(C)C)cc1)sc1ccc(C(C)(C)C)cc14. The van der Waals surface area contributed by atoms with Crippen LogP contribution in [0.3, 0.4) is 0 Å². The van der Waals surface area contributed by atoms with Crippen LogP contribution >= 0.6 is 11.3 Å². The highest BCUT2D eigenvalue weighted by Gasteiger charge is 2.44. The van der Waals surface area contributed by atoms with Crippen LogP contribution < -0.4 is 26.2 Å². The number of nitrogens with zero attached hydrogens (tertiary/aromatic N) is 2. The summed E-state index contributed by atoms with van der Waals surface area (Å²) in [5.74, 6) is 0.343. The number of rotatable bonds is 3. The molecule has 0 amide bonds. The molecule has 2 aliphatic heterocycles. The summed E-state index contributed by atoms with van der Waals surface area (Å²) in [5, 5.41) is 2.70. The van der Waals surface area contributed by atoms with E-state index in [1.807, 2.05) is 11.3 Å². The van der Waals surface area contributed by atoms with Crippen LogP contribution in [-0.2, 0) is 21.7 Å². The van der Waals surface area contributed by atoms with Crippen LogP contribution in [0.25, 0.3) is 20.2 Å². The second-order valence-electron chi connectivity index (χ2n) is 21.8. The first-order valence-electron chi connectivity index (χ1n) is 21.7. The Morgan fingerprint density at radius 1 is 0.424 bits per heavy atom. The van der Waals surface area contributed by atoms with Crippen molar-refractivity contribution in [3.05, 3.63) is 137 Å². The van der Waals surface area contributed by atoms with Gasteiger partial charge in [0.2, 0.25) is 0 Å². The third-order valence-corrected chi connectivity index (χ3v) is 14.2. The van der Waals surface area contributed by atoms with E-state index in [1.54, 1.807) is 0 Å². The van der Waals surface area contributed by atoms with E-state index in [4.69, 9.17) is 0 Å². The minimum absolute atomic E-state index is 0.00263. The van der Waals surface area contributed by atoms with Gasteiger partial charge in [-0.25, -0.2) is 0 Å². The maximum absolute atomic E-state index is 2.61. The third-order valence-electron chi connectivity index (χ3n) is 13.1. The lowest BCUT2D eigenvalue weighted by Crippen LogP contribution is -2.61. The van der Waals surface area contributed by atoms with E-state index < -0.39 is 0 Å². The topological polar surface area (TPSA) is 6.48 Å². The van der Waals surface area contributed by atoms with Crippen molar-refractivity contribution in [3.8, 4) is 0 Å². The first kappa shape index (κ1) is 39.7. The molecule has 0 spiro atoms. The quantitative estimate of drug-likeness (QED) is 0.164. The minimum Gasteiger partial charge on any atom is -0.311 e. The molecule has 2 aliphatic rings. The molecule has 300 valence electrons. The van der Waals surface area contributed by atoms with Gasteiger partial charge < -0.3 is 9.80 Å². The lowest BCUT2D eigenvalue weighted by Gasteiger charge is -2.45. The maximum atomic E-state index is 2.61. The Bertz CT molecular complexity index is 2780. The molecule has 9 rings (SSSR count). The number of benzene rings is 6. The lowest BCUT2D eigenvalue weighted by molar-refractivity contribution is 0.590. The molecule has 2 nitrogen and oxygen atoms in total. The van der Waals surface area contributed by atoms with Crippen LogP contribution in [-0.4, -0.2) is 6.71 Å². The highest BCUT2D eigenvalue weighted by molar-refractivity contribution is 7.26. The molecule has 6 aromatic carbocycles. The molecular weight excluding hydrogens is 731 g/mol. The number of hydrogen-bond acceptors (Lipinski definition) is 3. The van der Waals surface area contributed by atoms with E-state index in [1.165, 1.54) is 98.5 Å². The Labute approximate surface area is 358 Å². The average Bonchev–Trinajstić information content (AvgIpc) is 3.52. The smallest absolute Gasteiger partial charge is 0.252 e. The highest BCUT2D eigenvalue weighted by Crippen LogP contribution is 2.48. The molecule has 0 fully saturated rings. The van der Waals surface area contributed by atoms with Crippen molar-refractivity contribution in [1.29, 1.82) is 0 Å². The Kier molecular flexibility index (Phi) is 8.98. The largest absolute Gasteiger partial charge is 0.311 e. The fourth-order valence-corrected chi connectivity index (χ4v) is 10.4. The van der Waals surface area contributed by atoms with E-state index in [2.05, 4.69) is 216 Å². The molecule has 0 N–H and O–H groups in total. The first-order valence-corrected chi connectivity index (χ1v) is 22.6. The fourth-order valence-electron chi connectivity index (χ4n) is 9.33. The number of anilines is 6. The molecule has 59 heavy (non-hydrogen) atoms. The van der Waals surface area contributed by atoms with Gasteiger partial charge in [-0.05, 0) is 139 Å². The van der Waals surface area contributed by atoms with Gasteiger partial charge in [-0.2, -0.15) is 0 Å². The molecule has 4 heteroatoms. The molecule has 1 aromatic heterocycles. The van der Waals surface area contributed by atoms with E-state index in [0.717, 1.165) is 0 Å². The first-order chi connectivity index (χ1) is 27.6. The molecule has 3 heterocycles. The van der Waals surface area contributed by atoms with Gasteiger partial charge in [0.1, 0.15) is 0 Å². The number of thiophene rings is 1. The van der Waals surface area contributed by atoms with Crippen LogP contribution in [0.15, 0.2) is 109 Å². The van der Waals surface area contributed by atoms with Crippen molar-refractivity contribution < 1.29 is 0 Å². The van der Waals surface area contributed by atoms with Crippen LogP contribution in [0.5, 0.6) is 0 Å². The van der Waals surface area contributed by atoms with Crippen LogP contribution in [0.4, 0.5) is 34.1 Å². The molecule has 0 atom stereocenters. The summed E-state index contributed by atoms with van der Waals surface area (Å²) in [5.41, 5.74) is 18.6. The summed E-state index contributed by atoms with van der Waals surface area (Å²) in [6.45, 7) is 32.6. The van der Waals surface area contributed by atoms with E-state index >= 15 is 0 Å². The second-order valence-corrected chi connectivity index (χ2v) is 22.9. The molecule has 0 saturated heterocycles. The van der Waals surface area contributed by atoms with Crippen LogP contribution in [0.2, 0.25) is 0 Å². The van der Waals surface area contributed by atoms with Crippen LogP contribution in [0.1, 0.15) is 131 Å². The predicted octanol–water partition coefficient (Wildman–Crippen LogP) is 14.5. The predicted molar refractivity (Wildman–Crippen MR) is 262 cm³/mol. The number of fused-ring (bicyclic) bond motifs is 7. The van der Waals surface area contributed by atoms with Crippen molar-refractivity contribution in [2.45, 2.75) is 125 Å². The molecule has 7 aromatic rings. The van der Waals surface area contributed by atoms with Crippen molar-refractivity contribution in [1.82, 2.24) is 0 Å². The maximum Gasteiger partial charge on any atom is 0.252 e. The molecule has 0 unspecified atom stereocenters. The van der Waals surface area contributed by atoms with Crippen LogP contribution in [0, 0.1) is 0 Å². The molecule has 0 bridgehead atoms. The summed E-state index contributed by atoms with van der Waals surface area (Å²) in [6, 6.07) is 43.4. The summed E-state index contributed by atoms with van der Waals surface area (Å²) in [6.07, 6.45) is 0. The second kappa shape index (κ2) is 13.4. The van der Waals surface area contributed by atoms with Gasteiger partial charge in [0, 0.05) is 54.3 Å². The molecule has 0 saturated carbocycles. The average molecular weight is 793 g/mol. The molecular formula is C55H61BN2S. The Hall–Kier alpha value is -4.80. The van der Waals surface area contributed by atoms with E-state index in [-0.39, 0.29) is 28.4 Å². The lowest BCUT2D eigenvalue weighted by atomic mass is 9.33. The summed E-state index contributed by atoms with van der Waals surface area (Å²) < 4.78 is 2.70. The van der Waals surface area contributed by atoms with E-state index in [0.29, 0.717) is 5.92 Å². The van der Waals surface area contributed by atoms with Gasteiger partial charge >= 0.3 is 0 Å². The van der Waals surface area contributed by atoms with Gasteiger partial charge in [0.05, 0.1) is 0 Å². The summed E-state index contributed by atoms with van der Waals surface area (Å²) in [7, 11) is 0. The van der Waals surface area contributed by atoms with Gasteiger partial charge in [-0.15, -0.1) is 11.3 Å². The Morgan fingerprint density at radius 2 is 0.864 bits per heavy atom. The summed E-state index contributed by atoms with van der Waals surface area (Å²) >= 11 is 1.94. The van der Waals surface area contributed by atoms with Gasteiger partial charge in [0.25, 0.3) is 6.71 Å². The van der Waals surface area contributed by atoms with Crippen molar-refractivity contribution >= 4 is 88.7 Å². The van der Waals surface area contributed by atoms with Crippen molar-refractivity contribution in [2.75, 3.05) is 9.80 Å². The van der Waals surface area contributed by atoms with E-state index in [9.17, 15) is 0 Å². The monoisotopic (exact) mass is 792 g/mol. The van der Waals surface area contributed by atoms with Gasteiger partial charge in [-0.1, -0.05) is 139 Å². The Balaban J connectivity index is 1.40. The minimum atomic E-state index is -0.00263. The Morgan fingerprint density at radius 3 is 1.37 bits per heavy atom. The van der Waals surface area contributed by atoms with Crippen molar-refractivity contribution in [2.24, 2.45) is 0 Å². The summed E-state index contributed by atoms with van der Waals surface area (Å²) in [4.78, 5) is 5.19. The molecule has 0 aliphatic carbocycles. The normalized spacial score (nSPS) is 14.3. The molecule has 0 radical (unpaired) electrons. The number of hydrogen-bond donors (Lipinski definition) is 0. The van der Waals surface area contributed by atoms with Crippen molar-refractivity contribution in [3.63, 3.8) is 0 Å². The zero-order valence-electron chi connectivity index (χ0n) is 37.8. The zero-order chi connectivity index (χ0) is 42.1. The van der Waals surface area contributed by atoms with Gasteiger partial charge in [-0.3, -0.25) is 0 Å². The zero-order valence-corrected chi connectivity index (χ0v) is 38.7. The van der Waals surface area contributed by atoms with Gasteiger partial charge in [0.15, 0.2) is 0 Å². The standard InChI is InChI=1S/C55H61BN2S/c1-33(2)34-27-47-51-48(28-34)58(40-23-17-36(18-24-40)53(6,7)8)46-31-42-41-29-37(54(9,10)11)20-26-49(41)59-50(42)32-44(46)56(51)43-30-38(55(12,13)14)19-25-45(43)57(47)39-21-15-35(16-22-39)52(3,4)5/h15-33H,1-14H3.